The number of nitrogens with one attached hydrogen (secondary N) is 4. The third-order valence-electron chi connectivity index (χ3n) is 10.3. The number of nitrogens with zero attached hydrogens (tertiary/aromatic N) is 4. The largest absolute Gasteiger partial charge is 0.391 e. The van der Waals surface area contributed by atoms with E-state index in [2.05, 4.69) is 36.2 Å². The summed E-state index contributed by atoms with van der Waals surface area (Å²) in [6.07, 6.45) is 0.877. The number of ether oxygens (including phenoxy) is 3. The number of aromatic nitrogens is 3. The van der Waals surface area contributed by atoms with E-state index in [0.717, 1.165) is 21.7 Å². The van der Waals surface area contributed by atoms with Crippen LogP contribution in [0.5, 0.6) is 0 Å². The van der Waals surface area contributed by atoms with E-state index in [0.29, 0.717) is 27.6 Å². The van der Waals surface area contributed by atoms with Crippen LogP contribution in [0.3, 0.4) is 0 Å². The number of carbonyl (C=O) groups excluding carboxylic acids is 5. The Morgan fingerprint density at radius 2 is 1.52 bits per heavy atom. The standard InChI is InChI=1S/C46H54N8O9S2/c1-29-39(65-28-50-29)31-10-8-30(9-11-31)24-49-43(59)37-23-34(55)25-54(37)44(60)40(46(2,3)4)52-38(56)26-63-22-21-62-20-19-61-18-17-48-41(57)32-12-14-33(15-13-32)42(58)53-45-51-36(27-64-45)35-7-5-6-16-47-35/h5-16,27-28,34,37,40,55H,17-26H2,1-4H3,(H,48,57)(H,49,59)(H,52,56)(H,51,53,58)/t34-,37?,40-/m1/s1. The van der Waals surface area contributed by atoms with E-state index in [1.807, 2.05) is 75.5 Å². The third-order valence-corrected chi connectivity index (χ3v) is 12.0. The van der Waals surface area contributed by atoms with E-state index < -0.39 is 35.4 Å². The number of β-amino-alcohol motifs (C(OH)–C–C–N with tert-alkyl or cyclic N) is 1. The van der Waals surface area contributed by atoms with Crippen molar-refractivity contribution in [1.82, 2.24) is 35.8 Å². The summed E-state index contributed by atoms with van der Waals surface area (Å²) < 4.78 is 16.6. The van der Waals surface area contributed by atoms with Gasteiger partial charge in [0.15, 0.2) is 5.13 Å². The average molecular weight is 927 g/mol. The molecule has 0 spiro atoms. The van der Waals surface area contributed by atoms with E-state index >= 15 is 0 Å². The molecular weight excluding hydrogens is 873 g/mol. The lowest BCUT2D eigenvalue weighted by Gasteiger charge is -2.35. The van der Waals surface area contributed by atoms with E-state index in [4.69, 9.17) is 14.2 Å². The maximum Gasteiger partial charge on any atom is 0.257 e. The molecule has 1 aliphatic heterocycles. The van der Waals surface area contributed by atoms with Crippen LogP contribution in [-0.2, 0) is 35.1 Å². The van der Waals surface area contributed by atoms with Crippen molar-refractivity contribution in [2.45, 2.75) is 58.8 Å². The summed E-state index contributed by atoms with van der Waals surface area (Å²) in [4.78, 5) is 81.0. The lowest BCUT2D eigenvalue weighted by Crippen LogP contribution is -2.58. The molecule has 5 N–H and O–H groups in total. The number of thiazole rings is 2. The highest BCUT2D eigenvalue weighted by Gasteiger charge is 2.44. The molecule has 0 saturated carbocycles. The zero-order valence-electron chi connectivity index (χ0n) is 36.7. The zero-order chi connectivity index (χ0) is 46.3. The van der Waals surface area contributed by atoms with Gasteiger partial charge in [-0.25, -0.2) is 9.97 Å². The van der Waals surface area contributed by atoms with E-state index in [1.54, 1.807) is 47.3 Å². The molecule has 5 amide bonds. The van der Waals surface area contributed by atoms with Crippen LogP contribution in [0.25, 0.3) is 21.8 Å². The van der Waals surface area contributed by atoms with Crippen LogP contribution in [0, 0.1) is 12.3 Å². The van der Waals surface area contributed by atoms with Crippen molar-refractivity contribution in [3.05, 3.63) is 106 Å². The number of anilines is 1. The highest BCUT2D eigenvalue weighted by atomic mass is 32.1. The molecule has 0 aliphatic carbocycles. The second-order valence-electron chi connectivity index (χ2n) is 16.3. The van der Waals surface area contributed by atoms with Crippen LogP contribution in [0.2, 0.25) is 0 Å². The third kappa shape index (κ3) is 14.0. The number of amides is 5. The number of hydrogen-bond donors (Lipinski definition) is 5. The lowest BCUT2D eigenvalue weighted by atomic mass is 9.85. The van der Waals surface area contributed by atoms with Crippen molar-refractivity contribution >= 4 is 57.3 Å². The first-order valence-electron chi connectivity index (χ1n) is 21.1. The zero-order valence-corrected chi connectivity index (χ0v) is 38.3. The molecule has 1 unspecified atom stereocenters. The smallest absolute Gasteiger partial charge is 0.257 e. The molecule has 1 fully saturated rings. The fraction of sp³-hybridized carbons (Fsp3) is 0.391. The number of aliphatic hydroxyl groups excluding tert-OH is 1. The molecule has 19 heteroatoms. The molecule has 3 aromatic heterocycles. The van der Waals surface area contributed by atoms with E-state index in [9.17, 15) is 29.1 Å². The van der Waals surface area contributed by atoms with Gasteiger partial charge in [0.1, 0.15) is 24.4 Å². The SMILES string of the molecule is Cc1ncsc1-c1ccc(CNC(=O)C2C[C@@H](O)CN2C(=O)[C@@H](NC(=O)COCCOCCOCCNC(=O)c2ccc(C(=O)Nc3nc(-c4ccccn4)cs3)cc2)C(C)(C)C)cc1. The monoisotopic (exact) mass is 926 g/mol. The van der Waals surface area contributed by atoms with Gasteiger partial charge in [0.2, 0.25) is 17.7 Å². The minimum atomic E-state index is -0.984. The van der Waals surface area contributed by atoms with Crippen molar-refractivity contribution in [2.24, 2.45) is 5.41 Å². The molecule has 5 aromatic rings. The minimum Gasteiger partial charge on any atom is -0.391 e. The summed E-state index contributed by atoms with van der Waals surface area (Å²) in [5.74, 6) is -2.01. The van der Waals surface area contributed by atoms with Crippen LogP contribution in [0.4, 0.5) is 5.13 Å². The Kier molecular flexibility index (Phi) is 17.4. The molecule has 0 radical (unpaired) electrons. The Labute approximate surface area is 385 Å². The highest BCUT2D eigenvalue weighted by molar-refractivity contribution is 7.14. The van der Waals surface area contributed by atoms with Gasteiger partial charge in [-0.15, -0.1) is 22.7 Å². The Morgan fingerprint density at radius 1 is 0.831 bits per heavy atom. The summed E-state index contributed by atoms with van der Waals surface area (Å²) in [6.45, 7) is 8.64. The first kappa shape index (κ1) is 48.5. The number of likely N-dealkylation sites (tertiary alicyclic amines) is 1. The number of hydrogen-bond acceptors (Lipinski definition) is 14. The van der Waals surface area contributed by atoms with Gasteiger partial charge in [0.05, 0.1) is 60.9 Å². The van der Waals surface area contributed by atoms with E-state index in [1.165, 1.54) is 16.2 Å². The number of aryl methyl sites for hydroxylation is 1. The lowest BCUT2D eigenvalue weighted by molar-refractivity contribution is -0.144. The molecule has 4 heterocycles. The Balaban J connectivity index is 0.825. The summed E-state index contributed by atoms with van der Waals surface area (Å²) in [7, 11) is 0. The molecular formula is C46H54N8O9S2. The van der Waals surface area contributed by atoms with Gasteiger partial charge in [-0.3, -0.25) is 34.3 Å². The van der Waals surface area contributed by atoms with Gasteiger partial charge in [-0.2, -0.15) is 0 Å². The molecule has 6 rings (SSSR count). The number of benzene rings is 2. The number of aliphatic hydroxyl groups is 1. The molecule has 2 aromatic carbocycles. The first-order valence-corrected chi connectivity index (χ1v) is 22.9. The summed E-state index contributed by atoms with van der Waals surface area (Å²) in [5, 5.41) is 24.0. The second kappa shape index (κ2) is 23.3. The fourth-order valence-electron chi connectivity index (χ4n) is 6.83. The second-order valence-corrected chi connectivity index (χ2v) is 18.0. The first-order chi connectivity index (χ1) is 31.3. The molecule has 344 valence electrons. The average Bonchev–Trinajstić information content (AvgIpc) is 4.06. The van der Waals surface area contributed by atoms with Crippen molar-refractivity contribution in [3.8, 4) is 21.8 Å². The summed E-state index contributed by atoms with van der Waals surface area (Å²) in [5.41, 5.74) is 6.12. The van der Waals surface area contributed by atoms with Crippen molar-refractivity contribution < 1.29 is 43.3 Å². The van der Waals surface area contributed by atoms with Crippen LogP contribution in [0.1, 0.15) is 59.2 Å². The van der Waals surface area contributed by atoms with Gasteiger partial charge >= 0.3 is 0 Å². The fourth-order valence-corrected chi connectivity index (χ4v) is 8.34. The number of rotatable bonds is 21. The van der Waals surface area contributed by atoms with Crippen LogP contribution < -0.4 is 21.3 Å². The maximum absolute atomic E-state index is 13.9. The van der Waals surface area contributed by atoms with Gasteiger partial charge < -0.3 is 40.2 Å². The van der Waals surface area contributed by atoms with Gasteiger partial charge in [-0.1, -0.05) is 51.1 Å². The molecule has 17 nitrogen and oxygen atoms in total. The summed E-state index contributed by atoms with van der Waals surface area (Å²) in [6, 6.07) is 17.7. The van der Waals surface area contributed by atoms with Crippen LogP contribution in [-0.4, -0.2) is 125 Å². The van der Waals surface area contributed by atoms with Crippen molar-refractivity contribution in [1.29, 1.82) is 0 Å². The van der Waals surface area contributed by atoms with Gasteiger partial charge in [0, 0.05) is 48.8 Å². The molecule has 65 heavy (non-hydrogen) atoms. The quantitative estimate of drug-likeness (QED) is 0.0643. The molecule has 3 atom stereocenters. The van der Waals surface area contributed by atoms with Crippen LogP contribution in [0.15, 0.2) is 83.8 Å². The molecule has 0 bridgehead atoms. The maximum atomic E-state index is 13.9. The molecule has 1 aliphatic rings. The number of carbonyl (C=O) groups is 5. The predicted molar refractivity (Wildman–Crippen MR) is 246 cm³/mol. The topological polar surface area (TPSA) is 223 Å². The molecule has 1 saturated heterocycles. The Bertz CT molecular complexity index is 2370. The minimum absolute atomic E-state index is 0.0308. The van der Waals surface area contributed by atoms with Gasteiger partial charge in [-0.05, 0) is 59.9 Å². The van der Waals surface area contributed by atoms with Crippen LogP contribution >= 0.6 is 22.7 Å². The Morgan fingerprint density at radius 3 is 2.18 bits per heavy atom. The van der Waals surface area contributed by atoms with E-state index in [-0.39, 0.29) is 83.4 Å². The number of pyridine rings is 1. The Hall–Kier alpha value is -5.96. The highest BCUT2D eigenvalue weighted by Crippen LogP contribution is 2.29. The van der Waals surface area contributed by atoms with Gasteiger partial charge in [0.25, 0.3) is 11.8 Å². The summed E-state index contributed by atoms with van der Waals surface area (Å²) >= 11 is 2.86. The van der Waals surface area contributed by atoms with Crippen molar-refractivity contribution in [2.75, 3.05) is 58.0 Å². The normalized spacial score (nSPS) is 15.3. The predicted octanol–water partition coefficient (Wildman–Crippen LogP) is 4.48. The van der Waals surface area contributed by atoms with Crippen molar-refractivity contribution in [3.63, 3.8) is 0 Å².